The van der Waals surface area contributed by atoms with Gasteiger partial charge in [-0.15, -0.1) is 0 Å². The van der Waals surface area contributed by atoms with Gasteiger partial charge in [0.2, 0.25) is 0 Å². The molecule has 15 heavy (non-hydrogen) atoms. The predicted octanol–water partition coefficient (Wildman–Crippen LogP) is 0.0804. The van der Waals surface area contributed by atoms with Crippen LogP contribution < -0.4 is 16.2 Å². The van der Waals surface area contributed by atoms with Gasteiger partial charge in [-0.2, -0.15) is 0 Å². The molecule has 82 valence electrons. The van der Waals surface area contributed by atoms with E-state index < -0.39 is 5.97 Å². The number of pyridine rings is 1. The highest BCUT2D eigenvalue weighted by atomic mass is 16.7. The Kier molecular flexibility index (Phi) is 4.52. The van der Waals surface area contributed by atoms with E-state index in [1.807, 2.05) is 12.5 Å². The summed E-state index contributed by atoms with van der Waals surface area (Å²) in [5.74, 6) is 4.98. The van der Waals surface area contributed by atoms with Gasteiger partial charge in [-0.05, 0) is 19.1 Å². The molecule has 0 aromatic carbocycles. The lowest BCUT2D eigenvalue weighted by Crippen LogP contribution is -2.27. The van der Waals surface area contributed by atoms with Crippen LogP contribution in [0.3, 0.4) is 0 Å². The van der Waals surface area contributed by atoms with E-state index in [0.717, 1.165) is 5.69 Å². The fourth-order valence-corrected chi connectivity index (χ4v) is 0.983. The summed E-state index contributed by atoms with van der Waals surface area (Å²) >= 11 is 0. The Morgan fingerprint density at radius 2 is 2.47 bits per heavy atom. The van der Waals surface area contributed by atoms with Gasteiger partial charge in [0.25, 0.3) is 0 Å². The summed E-state index contributed by atoms with van der Waals surface area (Å²) in [6.45, 7) is 2.06. The van der Waals surface area contributed by atoms with E-state index in [2.05, 4.69) is 9.82 Å². The molecule has 0 aliphatic rings. The van der Waals surface area contributed by atoms with Crippen LogP contribution in [-0.2, 0) is 9.63 Å². The van der Waals surface area contributed by atoms with E-state index in [1.165, 1.54) is 0 Å². The number of hydrogen-bond donors (Lipinski definition) is 2. The number of rotatable bonds is 5. The average molecular weight is 211 g/mol. The number of hydrogen-bond acceptors (Lipinski definition) is 6. The van der Waals surface area contributed by atoms with Crippen molar-refractivity contribution >= 4 is 5.97 Å². The first-order valence-electron chi connectivity index (χ1n) is 4.43. The zero-order valence-corrected chi connectivity index (χ0v) is 8.40. The molecule has 0 saturated carbocycles. The van der Waals surface area contributed by atoms with E-state index in [4.69, 9.17) is 10.6 Å². The van der Waals surface area contributed by atoms with E-state index in [-0.39, 0.29) is 13.0 Å². The SMILES string of the molecule is Cc1ncccc1OCCC(=O)ONN. The highest BCUT2D eigenvalue weighted by Crippen LogP contribution is 2.13. The van der Waals surface area contributed by atoms with Crippen molar-refractivity contribution in [2.75, 3.05) is 6.61 Å². The second kappa shape index (κ2) is 5.94. The molecule has 0 saturated heterocycles. The van der Waals surface area contributed by atoms with Crippen molar-refractivity contribution in [3.63, 3.8) is 0 Å². The molecule has 0 amide bonds. The van der Waals surface area contributed by atoms with Crippen LogP contribution in [0.2, 0.25) is 0 Å². The van der Waals surface area contributed by atoms with Crippen molar-refractivity contribution in [1.82, 2.24) is 10.6 Å². The minimum atomic E-state index is -0.473. The van der Waals surface area contributed by atoms with E-state index in [0.29, 0.717) is 5.75 Å². The number of nitrogens with one attached hydrogen (secondary N) is 1. The third-order valence-corrected chi connectivity index (χ3v) is 1.69. The van der Waals surface area contributed by atoms with Crippen LogP contribution in [0.5, 0.6) is 5.75 Å². The number of carbonyl (C=O) groups excluding carboxylic acids is 1. The fourth-order valence-electron chi connectivity index (χ4n) is 0.983. The zero-order chi connectivity index (χ0) is 11.1. The Labute approximate surface area is 87.3 Å². The van der Waals surface area contributed by atoms with Crippen molar-refractivity contribution in [3.8, 4) is 5.75 Å². The van der Waals surface area contributed by atoms with E-state index >= 15 is 0 Å². The molecule has 1 heterocycles. The van der Waals surface area contributed by atoms with Crippen LogP contribution in [0.25, 0.3) is 0 Å². The lowest BCUT2D eigenvalue weighted by molar-refractivity contribution is -0.151. The molecule has 1 rings (SSSR count). The molecule has 6 nitrogen and oxygen atoms in total. The summed E-state index contributed by atoms with van der Waals surface area (Å²) in [5.41, 5.74) is 2.59. The second-order valence-corrected chi connectivity index (χ2v) is 2.78. The summed E-state index contributed by atoms with van der Waals surface area (Å²) in [6.07, 6.45) is 1.80. The summed E-state index contributed by atoms with van der Waals surface area (Å²) in [6, 6.07) is 3.55. The van der Waals surface area contributed by atoms with Gasteiger partial charge in [0.15, 0.2) is 0 Å². The Balaban J connectivity index is 2.32. The van der Waals surface area contributed by atoms with Crippen LogP contribution in [-0.4, -0.2) is 17.6 Å². The number of nitrogens with two attached hydrogens (primary N) is 1. The van der Waals surface area contributed by atoms with Gasteiger partial charge < -0.3 is 9.57 Å². The molecule has 0 unspecified atom stereocenters. The lowest BCUT2D eigenvalue weighted by Gasteiger charge is -2.07. The van der Waals surface area contributed by atoms with Crippen molar-refractivity contribution in [2.24, 2.45) is 5.84 Å². The molecule has 0 bridgehead atoms. The van der Waals surface area contributed by atoms with Gasteiger partial charge in [-0.25, -0.2) is 5.84 Å². The Bertz CT molecular complexity index is 330. The highest BCUT2D eigenvalue weighted by molar-refractivity contribution is 5.69. The molecule has 0 atom stereocenters. The first kappa shape index (κ1) is 11.4. The van der Waals surface area contributed by atoms with Gasteiger partial charge in [0.1, 0.15) is 5.75 Å². The molecule has 0 aliphatic heterocycles. The largest absolute Gasteiger partial charge is 0.491 e. The van der Waals surface area contributed by atoms with Crippen molar-refractivity contribution in [3.05, 3.63) is 24.0 Å². The fraction of sp³-hybridized carbons (Fsp3) is 0.333. The predicted molar refractivity (Wildman–Crippen MR) is 52.5 cm³/mol. The molecular formula is C9H13N3O3. The van der Waals surface area contributed by atoms with Crippen LogP contribution in [0.15, 0.2) is 18.3 Å². The molecule has 0 radical (unpaired) electrons. The minimum Gasteiger partial charge on any atom is -0.491 e. The second-order valence-electron chi connectivity index (χ2n) is 2.78. The first-order valence-corrected chi connectivity index (χ1v) is 4.43. The number of ether oxygens (including phenoxy) is 1. The summed E-state index contributed by atoms with van der Waals surface area (Å²) in [4.78, 5) is 19.2. The van der Waals surface area contributed by atoms with Crippen LogP contribution >= 0.6 is 0 Å². The maximum Gasteiger partial charge on any atom is 0.329 e. The van der Waals surface area contributed by atoms with Gasteiger partial charge in [-0.3, -0.25) is 9.78 Å². The maximum atomic E-state index is 10.9. The topological polar surface area (TPSA) is 86.5 Å². The quantitative estimate of drug-likeness (QED) is 0.530. The molecule has 0 fully saturated rings. The standard InChI is InChI=1S/C9H13N3O3/c1-7-8(3-2-5-11-7)14-6-4-9(13)15-12-10/h2-3,5,12H,4,6,10H2,1H3. The Hall–Kier alpha value is -1.66. The zero-order valence-electron chi connectivity index (χ0n) is 8.40. The van der Waals surface area contributed by atoms with Crippen LogP contribution in [0.1, 0.15) is 12.1 Å². The van der Waals surface area contributed by atoms with Gasteiger partial charge in [0.05, 0.1) is 18.7 Å². The molecule has 0 aliphatic carbocycles. The number of hydrazine groups is 1. The third kappa shape index (κ3) is 3.92. The highest BCUT2D eigenvalue weighted by Gasteiger charge is 2.04. The van der Waals surface area contributed by atoms with Crippen LogP contribution in [0.4, 0.5) is 0 Å². The minimum absolute atomic E-state index is 0.124. The number of aromatic nitrogens is 1. The molecular weight excluding hydrogens is 198 g/mol. The van der Waals surface area contributed by atoms with Gasteiger partial charge >= 0.3 is 5.97 Å². The molecule has 1 aromatic rings. The van der Waals surface area contributed by atoms with E-state index in [9.17, 15) is 4.79 Å². The smallest absolute Gasteiger partial charge is 0.329 e. The van der Waals surface area contributed by atoms with Crippen molar-refractivity contribution in [2.45, 2.75) is 13.3 Å². The molecule has 0 spiro atoms. The molecule has 1 aromatic heterocycles. The average Bonchev–Trinajstić information content (AvgIpc) is 2.21. The van der Waals surface area contributed by atoms with Crippen molar-refractivity contribution in [1.29, 1.82) is 0 Å². The summed E-state index contributed by atoms with van der Waals surface area (Å²) in [7, 11) is 0. The maximum absolute atomic E-state index is 10.9. The monoisotopic (exact) mass is 211 g/mol. The third-order valence-electron chi connectivity index (χ3n) is 1.69. The molecule has 3 N–H and O–H groups in total. The number of aryl methyl sites for hydroxylation is 1. The van der Waals surface area contributed by atoms with Crippen molar-refractivity contribution < 1.29 is 14.4 Å². The number of carbonyl (C=O) groups is 1. The Morgan fingerprint density at radius 3 is 3.13 bits per heavy atom. The first-order chi connectivity index (χ1) is 7.24. The summed E-state index contributed by atoms with van der Waals surface area (Å²) < 4.78 is 5.32. The normalized spacial score (nSPS) is 9.73. The summed E-state index contributed by atoms with van der Waals surface area (Å²) in [5, 5.41) is 0. The molecule has 6 heteroatoms. The Morgan fingerprint density at radius 1 is 1.67 bits per heavy atom. The van der Waals surface area contributed by atoms with Gasteiger partial charge in [0, 0.05) is 6.20 Å². The van der Waals surface area contributed by atoms with E-state index in [1.54, 1.807) is 18.3 Å². The lowest BCUT2D eigenvalue weighted by atomic mass is 10.3. The number of nitrogens with zero attached hydrogens (tertiary/aromatic N) is 1. The van der Waals surface area contributed by atoms with Gasteiger partial charge in [-0.1, -0.05) is 5.59 Å². The van der Waals surface area contributed by atoms with Crippen LogP contribution in [0, 0.1) is 6.92 Å².